The molecule has 1 fully saturated rings. The first-order valence-corrected chi connectivity index (χ1v) is 9.08. The van der Waals surface area contributed by atoms with Crippen molar-refractivity contribution in [3.8, 4) is 5.75 Å². The summed E-state index contributed by atoms with van der Waals surface area (Å²) in [5.41, 5.74) is 3.51. The summed E-state index contributed by atoms with van der Waals surface area (Å²) in [6.45, 7) is 0. The van der Waals surface area contributed by atoms with E-state index in [0.717, 1.165) is 22.3 Å². The van der Waals surface area contributed by atoms with Crippen molar-refractivity contribution < 1.29 is 14.3 Å². The maximum absolute atomic E-state index is 12.6. The molecule has 132 valence electrons. The molecule has 8 heteroatoms. The van der Waals surface area contributed by atoms with Crippen LogP contribution in [0, 0.1) is 0 Å². The minimum absolute atomic E-state index is 0.233. The van der Waals surface area contributed by atoms with Gasteiger partial charge >= 0.3 is 0 Å². The molecule has 0 spiro atoms. The number of amides is 2. The first kappa shape index (κ1) is 18.4. The van der Waals surface area contributed by atoms with Gasteiger partial charge in [0, 0.05) is 5.56 Å². The fraction of sp³-hybridized carbons (Fsp3) is 0.0556. The van der Waals surface area contributed by atoms with Crippen LogP contribution >= 0.6 is 35.6 Å². The molecule has 0 aromatic heterocycles. The average molecular weight is 405 g/mol. The van der Waals surface area contributed by atoms with E-state index in [-0.39, 0.29) is 9.88 Å². The number of hydrogen-bond acceptors (Lipinski definition) is 5. The van der Waals surface area contributed by atoms with E-state index in [0.29, 0.717) is 15.7 Å². The molecule has 1 heterocycles. The van der Waals surface area contributed by atoms with Crippen LogP contribution in [0.2, 0.25) is 5.02 Å². The van der Waals surface area contributed by atoms with Crippen LogP contribution in [-0.4, -0.2) is 28.3 Å². The predicted molar refractivity (Wildman–Crippen MR) is 107 cm³/mol. The van der Waals surface area contributed by atoms with E-state index >= 15 is 0 Å². The van der Waals surface area contributed by atoms with Crippen LogP contribution in [0.3, 0.4) is 0 Å². The molecule has 2 aromatic carbocycles. The molecular formula is C18H13ClN2O3S2. The second-order valence-electron chi connectivity index (χ2n) is 5.18. The zero-order valence-electron chi connectivity index (χ0n) is 13.6. The Morgan fingerprint density at radius 2 is 1.92 bits per heavy atom. The number of thiocarbonyl (C=S) groups is 1. The van der Waals surface area contributed by atoms with Gasteiger partial charge in [-0.15, -0.1) is 0 Å². The summed E-state index contributed by atoms with van der Waals surface area (Å²) in [7, 11) is 1.56. The van der Waals surface area contributed by atoms with Crippen molar-refractivity contribution >= 4 is 57.8 Å². The number of nitrogens with zero attached hydrogens (tertiary/aromatic N) is 1. The van der Waals surface area contributed by atoms with Gasteiger partial charge in [-0.3, -0.25) is 15.0 Å². The van der Waals surface area contributed by atoms with Crippen LogP contribution in [0.15, 0.2) is 53.4 Å². The zero-order chi connectivity index (χ0) is 18.7. The number of benzene rings is 2. The number of carbonyl (C=O) groups excluding carboxylic acids is 2. The SMILES string of the molecule is COc1ccccc1C=C1SC(=S)N(NC(=O)c2ccccc2Cl)C1=O. The highest BCUT2D eigenvalue weighted by Gasteiger charge is 2.34. The summed E-state index contributed by atoms with van der Waals surface area (Å²) in [6, 6.07) is 13.9. The summed E-state index contributed by atoms with van der Waals surface area (Å²) >= 11 is 12.3. The van der Waals surface area contributed by atoms with Gasteiger partial charge in [-0.05, 0) is 36.5 Å². The van der Waals surface area contributed by atoms with E-state index in [1.54, 1.807) is 43.5 Å². The minimum atomic E-state index is -0.509. The fourth-order valence-corrected chi connectivity index (χ4v) is 3.69. The normalized spacial score (nSPS) is 15.5. The van der Waals surface area contributed by atoms with Crippen molar-refractivity contribution in [3.63, 3.8) is 0 Å². The minimum Gasteiger partial charge on any atom is -0.496 e. The lowest BCUT2D eigenvalue weighted by Crippen LogP contribution is -2.44. The van der Waals surface area contributed by atoms with Gasteiger partial charge in [0.2, 0.25) is 0 Å². The molecule has 1 aliphatic rings. The van der Waals surface area contributed by atoms with E-state index in [1.807, 2.05) is 18.2 Å². The van der Waals surface area contributed by atoms with Gasteiger partial charge in [-0.25, -0.2) is 0 Å². The third kappa shape index (κ3) is 3.75. The lowest BCUT2D eigenvalue weighted by molar-refractivity contribution is -0.123. The van der Waals surface area contributed by atoms with Crippen LogP contribution in [-0.2, 0) is 4.79 Å². The standard InChI is InChI=1S/C18H13ClN2O3S2/c1-24-14-9-5-2-6-11(14)10-15-17(23)21(18(25)26-15)20-16(22)12-7-3-4-8-13(12)19/h2-10H,1H3,(H,20,22). The third-order valence-electron chi connectivity index (χ3n) is 3.55. The van der Waals surface area contributed by atoms with Gasteiger partial charge in [0.15, 0.2) is 4.32 Å². The highest BCUT2D eigenvalue weighted by Crippen LogP contribution is 2.33. The number of thioether (sulfide) groups is 1. The Hall–Kier alpha value is -2.35. The monoisotopic (exact) mass is 404 g/mol. The van der Waals surface area contributed by atoms with E-state index in [9.17, 15) is 9.59 Å². The lowest BCUT2D eigenvalue weighted by Gasteiger charge is -2.16. The molecule has 1 aliphatic heterocycles. The Morgan fingerprint density at radius 1 is 1.23 bits per heavy atom. The number of rotatable bonds is 4. The summed E-state index contributed by atoms with van der Waals surface area (Å²) in [6.07, 6.45) is 1.68. The van der Waals surface area contributed by atoms with Crippen LogP contribution < -0.4 is 10.2 Å². The molecule has 3 rings (SSSR count). The Kier molecular flexibility index (Phi) is 5.61. The largest absolute Gasteiger partial charge is 0.496 e. The van der Waals surface area contributed by atoms with Gasteiger partial charge in [-0.1, -0.05) is 53.7 Å². The van der Waals surface area contributed by atoms with Gasteiger partial charge in [0.25, 0.3) is 11.8 Å². The van der Waals surface area contributed by atoms with Crippen molar-refractivity contribution in [2.45, 2.75) is 0 Å². The van der Waals surface area contributed by atoms with E-state index in [2.05, 4.69) is 5.43 Å². The molecule has 5 nitrogen and oxygen atoms in total. The van der Waals surface area contributed by atoms with Gasteiger partial charge in [0.1, 0.15) is 5.75 Å². The smallest absolute Gasteiger partial charge is 0.285 e. The van der Waals surface area contributed by atoms with Crippen LogP contribution in [0.25, 0.3) is 6.08 Å². The second kappa shape index (κ2) is 7.90. The van der Waals surface area contributed by atoms with Crippen molar-refractivity contribution in [1.82, 2.24) is 10.4 Å². The molecule has 0 bridgehead atoms. The molecule has 26 heavy (non-hydrogen) atoms. The van der Waals surface area contributed by atoms with Crippen LogP contribution in [0.4, 0.5) is 0 Å². The summed E-state index contributed by atoms with van der Waals surface area (Å²) in [4.78, 5) is 25.4. The number of methoxy groups -OCH3 is 1. The van der Waals surface area contributed by atoms with Crippen molar-refractivity contribution in [3.05, 3.63) is 69.6 Å². The number of carbonyl (C=O) groups is 2. The number of hydrazine groups is 1. The Morgan fingerprint density at radius 3 is 2.65 bits per heavy atom. The summed E-state index contributed by atoms with van der Waals surface area (Å²) in [5, 5.41) is 1.34. The number of halogens is 1. The van der Waals surface area contributed by atoms with Gasteiger partial charge < -0.3 is 4.74 Å². The number of hydrogen-bond donors (Lipinski definition) is 1. The van der Waals surface area contributed by atoms with Crippen molar-refractivity contribution in [1.29, 1.82) is 0 Å². The molecule has 0 saturated carbocycles. The van der Waals surface area contributed by atoms with Gasteiger partial charge in [0.05, 0.1) is 22.6 Å². The van der Waals surface area contributed by atoms with Crippen LogP contribution in [0.5, 0.6) is 5.75 Å². The van der Waals surface area contributed by atoms with E-state index in [4.69, 9.17) is 28.6 Å². The molecular weight excluding hydrogens is 392 g/mol. The molecule has 0 aliphatic carbocycles. The first-order chi connectivity index (χ1) is 12.5. The molecule has 2 amide bonds. The van der Waals surface area contributed by atoms with E-state index < -0.39 is 11.8 Å². The van der Waals surface area contributed by atoms with Gasteiger partial charge in [-0.2, -0.15) is 5.01 Å². The number of nitrogens with one attached hydrogen (secondary N) is 1. The molecule has 2 aromatic rings. The highest BCUT2D eigenvalue weighted by molar-refractivity contribution is 8.26. The molecule has 0 atom stereocenters. The maximum Gasteiger partial charge on any atom is 0.285 e. The first-order valence-electron chi connectivity index (χ1n) is 7.47. The summed E-state index contributed by atoms with van der Waals surface area (Å²) in [5.74, 6) is -0.283. The Balaban J connectivity index is 1.82. The average Bonchev–Trinajstić information content (AvgIpc) is 2.90. The zero-order valence-corrected chi connectivity index (χ0v) is 16.0. The molecule has 0 radical (unpaired) electrons. The summed E-state index contributed by atoms with van der Waals surface area (Å²) < 4.78 is 5.52. The highest BCUT2D eigenvalue weighted by atomic mass is 35.5. The lowest BCUT2D eigenvalue weighted by atomic mass is 10.2. The third-order valence-corrected chi connectivity index (χ3v) is 5.18. The number of ether oxygens (including phenoxy) is 1. The fourth-order valence-electron chi connectivity index (χ4n) is 2.30. The predicted octanol–water partition coefficient (Wildman–Crippen LogP) is 3.89. The molecule has 0 unspecified atom stereocenters. The Bertz CT molecular complexity index is 930. The van der Waals surface area contributed by atoms with Crippen LogP contribution in [0.1, 0.15) is 15.9 Å². The van der Waals surface area contributed by atoms with Crippen molar-refractivity contribution in [2.75, 3.05) is 7.11 Å². The van der Waals surface area contributed by atoms with Crippen molar-refractivity contribution in [2.24, 2.45) is 0 Å². The Labute approximate surface area is 164 Å². The van der Waals surface area contributed by atoms with E-state index in [1.165, 1.54) is 0 Å². The maximum atomic E-state index is 12.6. The molecule has 1 saturated heterocycles. The topological polar surface area (TPSA) is 58.6 Å². The molecule has 1 N–H and O–H groups in total. The second-order valence-corrected chi connectivity index (χ2v) is 7.26. The number of para-hydroxylation sites is 1. The quantitative estimate of drug-likeness (QED) is 0.618.